The summed E-state index contributed by atoms with van der Waals surface area (Å²) in [7, 11) is 0. The molecular formula is C22H18N6O3S. The maximum absolute atomic E-state index is 12.8. The molecule has 0 aliphatic rings. The van der Waals surface area contributed by atoms with E-state index in [-0.39, 0.29) is 12.5 Å². The topological polar surface area (TPSA) is 136 Å². The van der Waals surface area contributed by atoms with Crippen LogP contribution in [0.3, 0.4) is 0 Å². The number of hydrogen-bond donors (Lipinski definition) is 3. The number of ether oxygens (including phenoxy) is 1. The Hall–Kier alpha value is -4.18. The molecule has 1 heterocycles. The number of hydrogen-bond acceptors (Lipinski definition) is 7. The Morgan fingerprint density at radius 3 is 2.41 bits per heavy atom. The number of carbonyl (C=O) groups is 2. The van der Waals surface area contributed by atoms with E-state index in [1.807, 2.05) is 48.5 Å². The Balaban J connectivity index is 1.51. The molecule has 0 spiro atoms. The summed E-state index contributed by atoms with van der Waals surface area (Å²) in [4.78, 5) is 25.4. The molecule has 0 fully saturated rings. The zero-order chi connectivity index (χ0) is 22.3. The van der Waals surface area contributed by atoms with Crippen molar-refractivity contribution in [3.8, 4) is 17.1 Å². The molecular weight excluding hydrogens is 428 g/mol. The molecule has 3 aromatic carbocycles. The standard InChI is InChI=1S/C22H18N6O3S/c23-20(29)13-31-15-11-9-14(10-12-15)22(30)24-17-6-2-4-8-19(17)32-18-7-3-1-5-16(18)21-25-27-28-26-21/h1-12H,13H2,(H2,23,29)(H,24,30)(H,25,26,27,28). The first-order chi connectivity index (χ1) is 15.6. The number of para-hydroxylation sites is 1. The number of anilines is 1. The number of nitrogens with one attached hydrogen (secondary N) is 2. The highest BCUT2D eigenvalue weighted by molar-refractivity contribution is 7.99. The predicted molar refractivity (Wildman–Crippen MR) is 119 cm³/mol. The molecule has 2 amide bonds. The van der Waals surface area contributed by atoms with Crippen LogP contribution in [0.1, 0.15) is 10.4 Å². The molecule has 0 saturated carbocycles. The van der Waals surface area contributed by atoms with Crippen LogP contribution in [0.2, 0.25) is 0 Å². The average Bonchev–Trinajstić information content (AvgIpc) is 3.34. The number of aromatic amines is 1. The van der Waals surface area contributed by atoms with Crippen LogP contribution in [-0.2, 0) is 4.79 Å². The summed E-state index contributed by atoms with van der Waals surface area (Å²) in [6.45, 7) is -0.221. The molecule has 32 heavy (non-hydrogen) atoms. The van der Waals surface area contributed by atoms with Crippen molar-refractivity contribution in [1.29, 1.82) is 0 Å². The number of amides is 2. The minimum absolute atomic E-state index is 0.221. The molecule has 0 radical (unpaired) electrons. The average molecular weight is 446 g/mol. The molecule has 1 aromatic heterocycles. The Kier molecular flexibility index (Phi) is 6.42. The van der Waals surface area contributed by atoms with Crippen LogP contribution >= 0.6 is 11.8 Å². The lowest BCUT2D eigenvalue weighted by Gasteiger charge is -2.12. The molecule has 0 saturated heterocycles. The van der Waals surface area contributed by atoms with Gasteiger partial charge in [-0.15, -0.1) is 10.2 Å². The molecule has 0 aliphatic heterocycles. The zero-order valence-corrected chi connectivity index (χ0v) is 17.5. The van der Waals surface area contributed by atoms with E-state index >= 15 is 0 Å². The van der Waals surface area contributed by atoms with Crippen molar-refractivity contribution >= 4 is 29.3 Å². The number of carbonyl (C=O) groups excluding carboxylic acids is 2. The summed E-state index contributed by atoms with van der Waals surface area (Å²) < 4.78 is 5.22. The maximum atomic E-state index is 12.8. The van der Waals surface area contributed by atoms with Crippen molar-refractivity contribution in [2.24, 2.45) is 5.73 Å². The first kappa shape index (κ1) is 21.1. The number of primary amides is 1. The third kappa shape index (κ3) is 5.10. The van der Waals surface area contributed by atoms with Crippen molar-refractivity contribution in [1.82, 2.24) is 20.6 Å². The van der Waals surface area contributed by atoms with Gasteiger partial charge in [0, 0.05) is 20.9 Å². The largest absolute Gasteiger partial charge is 0.484 e. The van der Waals surface area contributed by atoms with Gasteiger partial charge in [-0.05, 0) is 53.7 Å². The lowest BCUT2D eigenvalue weighted by molar-refractivity contribution is -0.119. The first-order valence-electron chi connectivity index (χ1n) is 9.52. The van der Waals surface area contributed by atoms with Gasteiger partial charge in [-0.1, -0.05) is 36.0 Å². The maximum Gasteiger partial charge on any atom is 0.255 e. The molecule has 10 heteroatoms. The van der Waals surface area contributed by atoms with Gasteiger partial charge in [0.05, 0.1) is 5.69 Å². The molecule has 9 nitrogen and oxygen atoms in total. The number of tetrazole rings is 1. The van der Waals surface area contributed by atoms with Crippen molar-refractivity contribution in [3.63, 3.8) is 0 Å². The van der Waals surface area contributed by atoms with Gasteiger partial charge in [-0.2, -0.15) is 5.21 Å². The number of rotatable bonds is 8. The van der Waals surface area contributed by atoms with Crippen LogP contribution < -0.4 is 15.8 Å². The molecule has 0 bridgehead atoms. The van der Waals surface area contributed by atoms with Gasteiger partial charge in [-0.25, -0.2) is 0 Å². The monoisotopic (exact) mass is 446 g/mol. The number of H-pyrrole nitrogens is 1. The molecule has 0 atom stereocenters. The number of benzene rings is 3. The highest BCUT2D eigenvalue weighted by Gasteiger charge is 2.14. The normalized spacial score (nSPS) is 10.5. The summed E-state index contributed by atoms with van der Waals surface area (Å²) in [6.07, 6.45) is 0. The first-order valence-corrected chi connectivity index (χ1v) is 10.3. The second kappa shape index (κ2) is 9.75. The van der Waals surface area contributed by atoms with Crippen LogP contribution in [0.25, 0.3) is 11.4 Å². The van der Waals surface area contributed by atoms with Crippen LogP contribution in [0.15, 0.2) is 82.6 Å². The minimum atomic E-state index is -0.568. The smallest absolute Gasteiger partial charge is 0.255 e. The number of aromatic nitrogens is 4. The van der Waals surface area contributed by atoms with Crippen LogP contribution in [-0.4, -0.2) is 39.0 Å². The van der Waals surface area contributed by atoms with Crippen LogP contribution in [0.4, 0.5) is 5.69 Å². The Morgan fingerprint density at radius 1 is 0.969 bits per heavy atom. The highest BCUT2D eigenvalue weighted by Crippen LogP contribution is 2.38. The molecule has 0 aliphatic carbocycles. The molecule has 4 rings (SSSR count). The fourth-order valence-corrected chi connectivity index (χ4v) is 3.87. The van der Waals surface area contributed by atoms with E-state index < -0.39 is 5.91 Å². The van der Waals surface area contributed by atoms with Gasteiger partial charge >= 0.3 is 0 Å². The molecule has 4 aromatic rings. The second-order valence-corrected chi connectivity index (χ2v) is 7.65. The molecule has 160 valence electrons. The fraction of sp³-hybridized carbons (Fsp3) is 0.0455. The minimum Gasteiger partial charge on any atom is -0.484 e. The summed E-state index contributed by atoms with van der Waals surface area (Å²) in [5.41, 5.74) is 7.02. The van der Waals surface area contributed by atoms with E-state index in [0.29, 0.717) is 22.8 Å². The zero-order valence-electron chi connectivity index (χ0n) is 16.7. The Bertz CT molecular complexity index is 1230. The van der Waals surface area contributed by atoms with E-state index in [0.717, 1.165) is 15.4 Å². The van der Waals surface area contributed by atoms with Crippen molar-refractivity contribution in [2.45, 2.75) is 9.79 Å². The van der Waals surface area contributed by atoms with E-state index in [4.69, 9.17) is 10.5 Å². The van der Waals surface area contributed by atoms with Gasteiger partial charge in [0.25, 0.3) is 11.8 Å². The Labute approximate surface area is 187 Å². The predicted octanol–water partition coefficient (Wildman–Crippen LogP) is 3.13. The lowest BCUT2D eigenvalue weighted by atomic mass is 10.2. The van der Waals surface area contributed by atoms with Crippen LogP contribution in [0, 0.1) is 0 Å². The van der Waals surface area contributed by atoms with Gasteiger partial charge < -0.3 is 15.8 Å². The quantitative estimate of drug-likeness (QED) is 0.378. The highest BCUT2D eigenvalue weighted by atomic mass is 32.2. The number of nitrogens with two attached hydrogens (primary N) is 1. The van der Waals surface area contributed by atoms with E-state index in [1.54, 1.807) is 24.3 Å². The fourth-order valence-electron chi connectivity index (χ4n) is 2.85. The summed E-state index contributed by atoms with van der Waals surface area (Å²) in [5.74, 6) is 0.107. The second-order valence-electron chi connectivity index (χ2n) is 6.56. The van der Waals surface area contributed by atoms with Crippen molar-refractivity contribution in [2.75, 3.05) is 11.9 Å². The van der Waals surface area contributed by atoms with E-state index in [2.05, 4.69) is 25.9 Å². The van der Waals surface area contributed by atoms with Gasteiger partial charge in [0.15, 0.2) is 6.61 Å². The molecule has 4 N–H and O–H groups in total. The summed E-state index contributed by atoms with van der Waals surface area (Å²) >= 11 is 1.49. The molecule has 0 unspecified atom stereocenters. The van der Waals surface area contributed by atoms with Gasteiger partial charge in [0.1, 0.15) is 5.75 Å². The van der Waals surface area contributed by atoms with E-state index in [1.165, 1.54) is 11.8 Å². The summed E-state index contributed by atoms with van der Waals surface area (Å²) in [6, 6.07) is 21.7. The van der Waals surface area contributed by atoms with E-state index in [9.17, 15) is 9.59 Å². The van der Waals surface area contributed by atoms with Crippen LogP contribution in [0.5, 0.6) is 5.75 Å². The third-order valence-corrected chi connectivity index (χ3v) is 5.48. The van der Waals surface area contributed by atoms with Crippen molar-refractivity contribution < 1.29 is 14.3 Å². The number of nitrogens with zero attached hydrogens (tertiary/aromatic N) is 3. The SMILES string of the molecule is NC(=O)COc1ccc(C(=O)Nc2ccccc2Sc2ccccc2-c2nn[nH]n2)cc1. The van der Waals surface area contributed by atoms with Crippen molar-refractivity contribution in [3.05, 3.63) is 78.4 Å². The lowest BCUT2D eigenvalue weighted by Crippen LogP contribution is -2.20. The Morgan fingerprint density at radius 2 is 1.69 bits per heavy atom. The van der Waals surface area contributed by atoms with Gasteiger partial charge in [0.2, 0.25) is 5.82 Å². The summed E-state index contributed by atoms with van der Waals surface area (Å²) in [5, 5.41) is 17.2. The third-order valence-electron chi connectivity index (χ3n) is 4.33. The van der Waals surface area contributed by atoms with Gasteiger partial charge in [-0.3, -0.25) is 9.59 Å².